The number of carbonyl (C=O) groups excluding carboxylic acids is 1. The maximum Gasteiger partial charge on any atom is 0.148 e. The van der Waals surface area contributed by atoms with Crippen molar-refractivity contribution in [1.29, 1.82) is 0 Å². The third-order valence-electron chi connectivity index (χ3n) is 6.37. The van der Waals surface area contributed by atoms with Gasteiger partial charge in [-0.05, 0) is 41.0 Å². The molecule has 0 amide bonds. The lowest BCUT2D eigenvalue weighted by molar-refractivity contribution is -0.125. The fourth-order valence-corrected chi connectivity index (χ4v) is 4.67. The molecule has 0 fully saturated rings. The molecule has 3 heteroatoms. The Kier molecular flexibility index (Phi) is 10.1. The molecule has 0 radical (unpaired) electrons. The van der Waals surface area contributed by atoms with Crippen LogP contribution in [-0.2, 0) is 32.9 Å². The van der Waals surface area contributed by atoms with E-state index in [0.29, 0.717) is 32.7 Å². The number of benzene rings is 3. The van der Waals surface area contributed by atoms with Crippen LogP contribution in [0.2, 0.25) is 0 Å². The van der Waals surface area contributed by atoms with Gasteiger partial charge in [0.05, 0.1) is 18.6 Å². The van der Waals surface area contributed by atoms with E-state index >= 15 is 0 Å². The van der Waals surface area contributed by atoms with E-state index in [9.17, 15) is 4.79 Å². The van der Waals surface area contributed by atoms with Crippen molar-refractivity contribution in [2.24, 2.45) is 5.92 Å². The highest BCUT2D eigenvalue weighted by Gasteiger charge is 2.43. The van der Waals surface area contributed by atoms with Gasteiger partial charge in [-0.3, -0.25) is 4.79 Å². The number of hydrogen-bond acceptors (Lipinski definition) is 3. The van der Waals surface area contributed by atoms with Crippen LogP contribution in [0.1, 0.15) is 62.3 Å². The van der Waals surface area contributed by atoms with Crippen molar-refractivity contribution in [2.45, 2.75) is 58.7 Å². The standard InChI is InChI=1S/C31H38O3/c1-4-21-33-23-26-17-19-27(20-18-26)24-34-22-11-16-30(32)31(25(2)3,28-12-7-5-8-13-28)29-14-9-6-10-15-29/h5-10,12-15,17-20,25H,4,11,16,21-24H2,1-3H3. The van der Waals surface area contributed by atoms with Gasteiger partial charge in [0.2, 0.25) is 0 Å². The van der Waals surface area contributed by atoms with Crippen molar-refractivity contribution in [3.63, 3.8) is 0 Å². The number of carbonyl (C=O) groups is 1. The van der Waals surface area contributed by atoms with Crippen LogP contribution in [0.15, 0.2) is 84.9 Å². The largest absolute Gasteiger partial charge is 0.377 e. The molecule has 0 saturated heterocycles. The molecule has 3 nitrogen and oxygen atoms in total. The van der Waals surface area contributed by atoms with Crippen LogP contribution >= 0.6 is 0 Å². The molecule has 0 saturated carbocycles. The van der Waals surface area contributed by atoms with Crippen molar-refractivity contribution in [2.75, 3.05) is 13.2 Å². The number of Topliss-reactive ketones (excluding diaryl/α,β-unsaturated/α-hetero) is 1. The average molecular weight is 459 g/mol. The summed E-state index contributed by atoms with van der Waals surface area (Å²) in [5.74, 6) is 0.380. The summed E-state index contributed by atoms with van der Waals surface area (Å²) in [4.78, 5) is 13.8. The van der Waals surface area contributed by atoms with E-state index < -0.39 is 5.41 Å². The maximum absolute atomic E-state index is 13.8. The van der Waals surface area contributed by atoms with Gasteiger partial charge in [-0.15, -0.1) is 0 Å². The molecule has 0 N–H and O–H groups in total. The quantitative estimate of drug-likeness (QED) is 0.241. The summed E-state index contributed by atoms with van der Waals surface area (Å²) in [6, 6.07) is 28.8. The molecule has 0 aliphatic heterocycles. The molecule has 3 aromatic rings. The summed E-state index contributed by atoms with van der Waals surface area (Å²) in [5, 5.41) is 0. The van der Waals surface area contributed by atoms with Crippen LogP contribution in [0.5, 0.6) is 0 Å². The molecular formula is C31H38O3. The van der Waals surface area contributed by atoms with Crippen LogP contribution in [0.4, 0.5) is 0 Å². The van der Waals surface area contributed by atoms with Gasteiger partial charge in [-0.1, -0.05) is 106 Å². The molecule has 3 rings (SSSR count). The van der Waals surface area contributed by atoms with Gasteiger partial charge >= 0.3 is 0 Å². The molecule has 180 valence electrons. The molecule has 0 aliphatic rings. The van der Waals surface area contributed by atoms with E-state index in [1.807, 2.05) is 36.4 Å². The summed E-state index contributed by atoms with van der Waals surface area (Å²) in [6.45, 7) is 8.95. The van der Waals surface area contributed by atoms with Crippen LogP contribution in [-0.4, -0.2) is 19.0 Å². The monoisotopic (exact) mass is 458 g/mol. The van der Waals surface area contributed by atoms with Crippen molar-refractivity contribution in [3.8, 4) is 0 Å². The van der Waals surface area contributed by atoms with Crippen molar-refractivity contribution >= 4 is 5.78 Å². The number of ketones is 1. The summed E-state index contributed by atoms with van der Waals surface area (Å²) in [7, 11) is 0. The molecule has 0 aliphatic carbocycles. The first-order valence-corrected chi connectivity index (χ1v) is 12.5. The minimum Gasteiger partial charge on any atom is -0.377 e. The normalized spacial score (nSPS) is 11.6. The maximum atomic E-state index is 13.8. The molecule has 0 atom stereocenters. The lowest BCUT2D eigenvalue weighted by Gasteiger charge is -2.37. The molecule has 0 spiro atoms. The van der Waals surface area contributed by atoms with E-state index in [4.69, 9.17) is 9.47 Å². The zero-order chi connectivity index (χ0) is 24.2. The first kappa shape index (κ1) is 25.9. The van der Waals surface area contributed by atoms with Crippen LogP contribution in [0, 0.1) is 5.92 Å². The van der Waals surface area contributed by atoms with E-state index in [-0.39, 0.29) is 11.7 Å². The van der Waals surface area contributed by atoms with Gasteiger partial charge in [0.25, 0.3) is 0 Å². The highest BCUT2D eigenvalue weighted by atomic mass is 16.5. The third-order valence-corrected chi connectivity index (χ3v) is 6.37. The predicted molar refractivity (Wildman–Crippen MR) is 139 cm³/mol. The molecule has 0 unspecified atom stereocenters. The van der Waals surface area contributed by atoms with E-state index in [1.165, 1.54) is 5.56 Å². The topological polar surface area (TPSA) is 35.5 Å². The molecule has 0 bridgehead atoms. The number of hydrogen-bond donors (Lipinski definition) is 0. The van der Waals surface area contributed by atoms with Crippen molar-refractivity contribution in [3.05, 3.63) is 107 Å². The molecule has 34 heavy (non-hydrogen) atoms. The van der Waals surface area contributed by atoms with E-state index in [0.717, 1.165) is 29.7 Å². The second-order valence-electron chi connectivity index (χ2n) is 9.14. The Bertz CT molecular complexity index is 939. The summed E-state index contributed by atoms with van der Waals surface area (Å²) >= 11 is 0. The van der Waals surface area contributed by atoms with Crippen molar-refractivity contribution in [1.82, 2.24) is 0 Å². The van der Waals surface area contributed by atoms with E-state index in [1.54, 1.807) is 0 Å². The number of ether oxygens (including phenoxy) is 2. The molecule has 0 heterocycles. The highest BCUT2D eigenvalue weighted by Crippen LogP contribution is 2.41. The summed E-state index contributed by atoms with van der Waals surface area (Å²) in [5.41, 5.74) is 3.78. The van der Waals surface area contributed by atoms with Gasteiger partial charge in [0.1, 0.15) is 5.78 Å². The lowest BCUT2D eigenvalue weighted by atomic mass is 9.63. The highest BCUT2D eigenvalue weighted by molar-refractivity contribution is 5.94. The van der Waals surface area contributed by atoms with Crippen molar-refractivity contribution < 1.29 is 14.3 Å². The Morgan fingerprint density at radius 1 is 0.735 bits per heavy atom. The van der Waals surface area contributed by atoms with E-state index in [2.05, 4.69) is 69.3 Å². The Morgan fingerprint density at radius 3 is 1.65 bits per heavy atom. The fraction of sp³-hybridized carbons (Fsp3) is 0.387. The van der Waals surface area contributed by atoms with Gasteiger partial charge in [0.15, 0.2) is 0 Å². The van der Waals surface area contributed by atoms with Gasteiger partial charge in [0, 0.05) is 19.6 Å². The first-order valence-electron chi connectivity index (χ1n) is 12.5. The zero-order valence-electron chi connectivity index (χ0n) is 20.8. The minimum atomic E-state index is -0.655. The van der Waals surface area contributed by atoms with Gasteiger partial charge < -0.3 is 9.47 Å². The van der Waals surface area contributed by atoms with Crippen LogP contribution in [0.25, 0.3) is 0 Å². The zero-order valence-corrected chi connectivity index (χ0v) is 20.8. The molecule has 3 aromatic carbocycles. The smallest absolute Gasteiger partial charge is 0.148 e. The van der Waals surface area contributed by atoms with Crippen LogP contribution < -0.4 is 0 Å². The first-order chi connectivity index (χ1) is 16.6. The second-order valence-corrected chi connectivity index (χ2v) is 9.14. The Hall–Kier alpha value is -2.75. The fourth-order valence-electron chi connectivity index (χ4n) is 4.67. The second kappa shape index (κ2) is 13.2. The summed E-state index contributed by atoms with van der Waals surface area (Å²) in [6.07, 6.45) is 2.22. The Labute approximate surface area is 205 Å². The van der Waals surface area contributed by atoms with Gasteiger partial charge in [-0.25, -0.2) is 0 Å². The minimum absolute atomic E-state index is 0.130. The molecule has 0 aromatic heterocycles. The van der Waals surface area contributed by atoms with Crippen LogP contribution in [0.3, 0.4) is 0 Å². The SMILES string of the molecule is CCCOCc1ccc(COCCCC(=O)C(c2ccccc2)(c2ccccc2)C(C)C)cc1. The number of rotatable bonds is 14. The average Bonchev–Trinajstić information content (AvgIpc) is 2.86. The Morgan fingerprint density at radius 2 is 1.21 bits per heavy atom. The third kappa shape index (κ3) is 6.43. The predicted octanol–water partition coefficient (Wildman–Crippen LogP) is 7.12. The molecular weight excluding hydrogens is 420 g/mol. The summed E-state index contributed by atoms with van der Waals surface area (Å²) < 4.78 is 11.5. The lowest BCUT2D eigenvalue weighted by Crippen LogP contribution is -2.42. The van der Waals surface area contributed by atoms with Gasteiger partial charge in [-0.2, -0.15) is 0 Å². The Balaban J connectivity index is 1.59.